The first kappa shape index (κ1) is 22.9. The molecule has 34 heavy (non-hydrogen) atoms. The molecule has 4 rings (SSSR count). The molecule has 0 spiro atoms. The molecule has 0 radical (unpaired) electrons. The van der Waals surface area contributed by atoms with Crippen LogP contribution in [0.2, 0.25) is 0 Å². The molecule has 0 aliphatic carbocycles. The van der Waals surface area contributed by atoms with Gasteiger partial charge in [0.25, 0.3) is 5.91 Å². The second kappa shape index (κ2) is 10.1. The lowest BCUT2D eigenvalue weighted by Crippen LogP contribution is -2.49. The zero-order chi connectivity index (χ0) is 24.1. The van der Waals surface area contributed by atoms with Gasteiger partial charge >= 0.3 is 5.97 Å². The Bertz CT molecular complexity index is 1200. The Morgan fingerprint density at radius 1 is 1.09 bits per heavy atom. The van der Waals surface area contributed by atoms with E-state index in [1.54, 1.807) is 30.5 Å². The fraction of sp³-hybridized carbons (Fsp3) is 0.240. The van der Waals surface area contributed by atoms with E-state index in [9.17, 15) is 14.7 Å². The van der Waals surface area contributed by atoms with Gasteiger partial charge in [-0.2, -0.15) is 0 Å². The summed E-state index contributed by atoms with van der Waals surface area (Å²) >= 11 is 0. The summed E-state index contributed by atoms with van der Waals surface area (Å²) in [5.41, 5.74) is 3.40. The molecule has 0 atom stereocenters. The molecule has 1 amide bonds. The fourth-order valence-electron chi connectivity index (χ4n) is 3.83. The number of piperazine rings is 1. The quantitative estimate of drug-likeness (QED) is 0.443. The molecule has 174 valence electrons. The number of hydrogen-bond donors (Lipinski definition) is 1. The maximum Gasteiger partial charge on any atom is 0.359 e. The number of pyridine rings is 1. The monoisotopic (exact) mass is 459 g/mol. The molecular formula is C25H25N5O4. The molecule has 3 heterocycles. The van der Waals surface area contributed by atoms with Crippen LogP contribution in [-0.4, -0.2) is 69.9 Å². The van der Waals surface area contributed by atoms with Crippen molar-refractivity contribution in [2.45, 2.75) is 6.92 Å². The van der Waals surface area contributed by atoms with Gasteiger partial charge in [0.1, 0.15) is 12.4 Å². The van der Waals surface area contributed by atoms with Gasteiger partial charge in [-0.05, 0) is 48.4 Å². The number of anilines is 1. The van der Waals surface area contributed by atoms with E-state index in [1.807, 2.05) is 28.9 Å². The number of aryl methyl sites for hydroxylation is 1. The molecule has 1 fully saturated rings. The van der Waals surface area contributed by atoms with E-state index in [0.29, 0.717) is 37.6 Å². The fourth-order valence-corrected chi connectivity index (χ4v) is 3.83. The minimum absolute atomic E-state index is 0.0327. The number of hydrogen-bond acceptors (Lipinski definition) is 8. The van der Waals surface area contributed by atoms with Gasteiger partial charge < -0.3 is 19.6 Å². The summed E-state index contributed by atoms with van der Waals surface area (Å²) in [5, 5.41) is 17.8. The molecule has 2 aromatic heterocycles. The highest BCUT2D eigenvalue weighted by Crippen LogP contribution is 2.26. The summed E-state index contributed by atoms with van der Waals surface area (Å²) in [7, 11) is 0. The number of nitrogens with zero attached hydrogens (tertiary/aromatic N) is 5. The lowest BCUT2D eigenvalue weighted by molar-refractivity contribution is 0.0541. The second-order valence-electron chi connectivity index (χ2n) is 7.90. The smallest absolute Gasteiger partial charge is 0.359 e. The summed E-state index contributed by atoms with van der Waals surface area (Å²) in [4.78, 5) is 32.8. The predicted octanol–water partition coefficient (Wildman–Crippen LogP) is 2.86. The van der Waals surface area contributed by atoms with Gasteiger partial charge in [0, 0.05) is 43.5 Å². The van der Waals surface area contributed by atoms with Crippen LogP contribution >= 0.6 is 0 Å². The van der Waals surface area contributed by atoms with Crippen LogP contribution in [0.15, 0.2) is 61.4 Å². The molecule has 0 unspecified atom stereocenters. The van der Waals surface area contributed by atoms with Crippen LogP contribution in [-0.2, 0) is 4.74 Å². The molecule has 1 aliphatic rings. The van der Waals surface area contributed by atoms with Crippen LogP contribution < -0.4 is 4.90 Å². The van der Waals surface area contributed by atoms with Crippen molar-refractivity contribution < 1.29 is 19.4 Å². The molecule has 1 N–H and O–H groups in total. The van der Waals surface area contributed by atoms with E-state index < -0.39 is 5.97 Å². The van der Waals surface area contributed by atoms with Crippen molar-refractivity contribution >= 4 is 17.7 Å². The predicted molar refractivity (Wildman–Crippen MR) is 127 cm³/mol. The van der Waals surface area contributed by atoms with Gasteiger partial charge in [-0.25, -0.2) is 4.79 Å². The first-order valence-electron chi connectivity index (χ1n) is 10.9. The van der Waals surface area contributed by atoms with Crippen LogP contribution in [0.4, 0.5) is 5.82 Å². The van der Waals surface area contributed by atoms with Crippen LogP contribution in [0.25, 0.3) is 11.1 Å². The highest BCUT2D eigenvalue weighted by atomic mass is 16.5. The molecule has 9 heteroatoms. The Morgan fingerprint density at radius 3 is 2.53 bits per heavy atom. The van der Waals surface area contributed by atoms with Crippen LogP contribution in [0.5, 0.6) is 5.75 Å². The number of benzene rings is 1. The Balaban J connectivity index is 1.37. The lowest BCUT2D eigenvalue weighted by atomic mass is 9.99. The number of carbonyl (C=O) groups is 2. The first-order valence-corrected chi connectivity index (χ1v) is 10.9. The molecule has 9 nitrogen and oxygen atoms in total. The van der Waals surface area contributed by atoms with Gasteiger partial charge in [0.2, 0.25) is 0 Å². The lowest BCUT2D eigenvalue weighted by Gasteiger charge is -2.35. The van der Waals surface area contributed by atoms with E-state index in [4.69, 9.17) is 4.74 Å². The normalized spacial score (nSPS) is 13.4. The Morgan fingerprint density at radius 2 is 1.88 bits per heavy atom. The summed E-state index contributed by atoms with van der Waals surface area (Å²) in [6.45, 7) is 7.85. The summed E-state index contributed by atoms with van der Waals surface area (Å²) in [5.74, 6) is 0.167. The second-order valence-corrected chi connectivity index (χ2v) is 7.90. The SMILES string of the molecule is C=CCOC(=O)c1ccc(N2CCN(C(=O)c3ccc(-c4cncc(O)c4)c(C)c3)CC2)nn1. The van der Waals surface area contributed by atoms with Gasteiger partial charge in [0.15, 0.2) is 11.5 Å². The minimum atomic E-state index is -0.545. The highest BCUT2D eigenvalue weighted by Gasteiger charge is 2.24. The van der Waals surface area contributed by atoms with E-state index in [2.05, 4.69) is 21.8 Å². The molecule has 3 aromatic rings. The number of aromatic hydroxyl groups is 1. The molecule has 0 saturated carbocycles. The first-order chi connectivity index (χ1) is 16.5. The van der Waals surface area contributed by atoms with E-state index in [1.165, 1.54) is 12.3 Å². The van der Waals surface area contributed by atoms with Gasteiger partial charge in [0.05, 0.1) is 6.20 Å². The molecular weight excluding hydrogens is 434 g/mol. The number of carbonyl (C=O) groups excluding carboxylic acids is 2. The summed E-state index contributed by atoms with van der Waals surface area (Å²) in [6.07, 6.45) is 4.56. The number of aromatic nitrogens is 3. The van der Waals surface area contributed by atoms with Crippen molar-refractivity contribution in [1.29, 1.82) is 0 Å². The maximum absolute atomic E-state index is 13.1. The van der Waals surface area contributed by atoms with Crippen molar-refractivity contribution in [1.82, 2.24) is 20.1 Å². The Kier molecular flexibility index (Phi) is 6.82. The van der Waals surface area contributed by atoms with Crippen molar-refractivity contribution in [2.75, 3.05) is 37.7 Å². The molecule has 0 bridgehead atoms. The number of amides is 1. The molecule has 1 saturated heterocycles. The average molecular weight is 460 g/mol. The standard InChI is InChI=1S/C25H25N5O4/c1-3-12-34-25(33)22-6-7-23(28-27-22)29-8-10-30(11-9-29)24(32)18-4-5-21(17(2)13-18)19-14-20(31)16-26-15-19/h3-7,13-16,31H,1,8-12H2,2H3. The third-order valence-corrected chi connectivity index (χ3v) is 5.59. The summed E-state index contributed by atoms with van der Waals surface area (Å²) in [6, 6.07) is 10.5. The van der Waals surface area contributed by atoms with E-state index >= 15 is 0 Å². The Labute approximate surface area is 197 Å². The minimum Gasteiger partial charge on any atom is -0.506 e. The van der Waals surface area contributed by atoms with Crippen molar-refractivity contribution in [3.05, 3.63) is 78.3 Å². The summed E-state index contributed by atoms with van der Waals surface area (Å²) < 4.78 is 4.96. The molecule has 1 aliphatic heterocycles. The topological polar surface area (TPSA) is 109 Å². The third kappa shape index (κ3) is 5.03. The van der Waals surface area contributed by atoms with Crippen molar-refractivity contribution in [2.24, 2.45) is 0 Å². The zero-order valence-corrected chi connectivity index (χ0v) is 18.8. The highest BCUT2D eigenvalue weighted by molar-refractivity contribution is 5.95. The van der Waals surface area contributed by atoms with E-state index in [-0.39, 0.29) is 24.0 Å². The molecule has 1 aromatic carbocycles. The van der Waals surface area contributed by atoms with E-state index in [0.717, 1.165) is 16.7 Å². The number of esters is 1. The van der Waals surface area contributed by atoms with Crippen molar-refractivity contribution in [3.8, 4) is 16.9 Å². The third-order valence-electron chi connectivity index (χ3n) is 5.59. The number of rotatable bonds is 6. The largest absolute Gasteiger partial charge is 0.506 e. The van der Waals surface area contributed by atoms with Crippen LogP contribution in [0.3, 0.4) is 0 Å². The Hall–Kier alpha value is -4.27. The van der Waals surface area contributed by atoms with Gasteiger partial charge in [-0.3, -0.25) is 9.78 Å². The zero-order valence-electron chi connectivity index (χ0n) is 18.8. The van der Waals surface area contributed by atoms with Gasteiger partial charge in [-0.1, -0.05) is 18.7 Å². The van der Waals surface area contributed by atoms with Gasteiger partial charge in [-0.15, -0.1) is 10.2 Å². The van der Waals surface area contributed by atoms with Crippen LogP contribution in [0.1, 0.15) is 26.4 Å². The number of ether oxygens (including phenoxy) is 1. The average Bonchev–Trinajstić information content (AvgIpc) is 2.87. The van der Waals surface area contributed by atoms with Crippen LogP contribution in [0, 0.1) is 6.92 Å². The van der Waals surface area contributed by atoms with Crippen molar-refractivity contribution in [3.63, 3.8) is 0 Å². The maximum atomic E-state index is 13.1.